The van der Waals surface area contributed by atoms with Crippen LogP contribution in [0.1, 0.15) is 104 Å². The molecule has 0 saturated carbocycles. The van der Waals surface area contributed by atoms with Gasteiger partial charge in [-0.25, -0.2) is 0 Å². The van der Waals surface area contributed by atoms with Crippen LogP contribution in [0.5, 0.6) is 0 Å². The standard InChI is InChI=1S/C25H41NO2/c1-5-7-9-10-12-21-13-11-15-24(28)26(21)22-18-16-20(17-19-22)25(3,4)23(27)14-8-6-2/h16-19,21,23,27H,5-15H2,1-4H3. The Kier molecular flexibility index (Phi) is 9.01. The fourth-order valence-corrected chi connectivity index (χ4v) is 4.38. The molecular weight excluding hydrogens is 346 g/mol. The highest BCUT2D eigenvalue weighted by Gasteiger charge is 2.31. The summed E-state index contributed by atoms with van der Waals surface area (Å²) in [5.74, 6) is 0.265. The first-order valence-corrected chi connectivity index (χ1v) is 11.5. The van der Waals surface area contributed by atoms with E-state index in [-0.39, 0.29) is 17.4 Å². The van der Waals surface area contributed by atoms with E-state index in [4.69, 9.17) is 0 Å². The van der Waals surface area contributed by atoms with Crippen LogP contribution in [0.2, 0.25) is 0 Å². The number of piperidine rings is 1. The highest BCUT2D eigenvalue weighted by molar-refractivity contribution is 5.94. The molecule has 1 fully saturated rings. The van der Waals surface area contributed by atoms with Gasteiger partial charge in [0.05, 0.1) is 6.10 Å². The minimum Gasteiger partial charge on any atom is -0.392 e. The Morgan fingerprint density at radius 2 is 1.75 bits per heavy atom. The second kappa shape index (κ2) is 11.0. The molecule has 2 rings (SSSR count). The first kappa shape index (κ1) is 22.9. The number of carbonyl (C=O) groups excluding carboxylic acids is 1. The van der Waals surface area contributed by atoms with Gasteiger partial charge in [-0.15, -0.1) is 0 Å². The van der Waals surface area contributed by atoms with Crippen LogP contribution in [0.4, 0.5) is 5.69 Å². The van der Waals surface area contributed by atoms with Crippen LogP contribution in [-0.2, 0) is 10.2 Å². The summed E-state index contributed by atoms with van der Waals surface area (Å²) >= 11 is 0. The Bertz CT molecular complexity index is 593. The molecule has 0 bridgehead atoms. The van der Waals surface area contributed by atoms with Crippen LogP contribution in [0.15, 0.2) is 24.3 Å². The van der Waals surface area contributed by atoms with Gasteiger partial charge in [-0.2, -0.15) is 0 Å². The van der Waals surface area contributed by atoms with Crippen molar-refractivity contribution in [2.45, 2.75) is 116 Å². The van der Waals surface area contributed by atoms with E-state index in [1.165, 1.54) is 25.7 Å². The third-order valence-electron chi connectivity index (χ3n) is 6.51. The summed E-state index contributed by atoms with van der Waals surface area (Å²) in [7, 11) is 0. The van der Waals surface area contributed by atoms with E-state index < -0.39 is 0 Å². The van der Waals surface area contributed by atoms with Gasteiger partial charge in [-0.3, -0.25) is 4.79 Å². The summed E-state index contributed by atoms with van der Waals surface area (Å²) in [6, 6.07) is 8.74. The van der Waals surface area contributed by atoms with Crippen molar-refractivity contribution in [2.75, 3.05) is 4.90 Å². The molecule has 2 unspecified atom stereocenters. The number of benzene rings is 1. The number of unbranched alkanes of at least 4 members (excludes halogenated alkanes) is 4. The molecule has 3 nitrogen and oxygen atoms in total. The van der Waals surface area contributed by atoms with Gasteiger partial charge in [-0.1, -0.05) is 78.4 Å². The van der Waals surface area contributed by atoms with Crippen molar-refractivity contribution in [3.8, 4) is 0 Å². The Labute approximate surface area is 172 Å². The minimum atomic E-state index is -0.346. The number of anilines is 1. The molecule has 158 valence electrons. The van der Waals surface area contributed by atoms with Gasteiger partial charge in [0.15, 0.2) is 0 Å². The Morgan fingerprint density at radius 1 is 1.07 bits per heavy atom. The largest absolute Gasteiger partial charge is 0.392 e. The average molecular weight is 388 g/mol. The average Bonchev–Trinajstić information content (AvgIpc) is 2.69. The number of hydrogen-bond donors (Lipinski definition) is 1. The zero-order chi connectivity index (χ0) is 20.6. The number of amides is 1. The molecule has 2 atom stereocenters. The number of aliphatic hydroxyl groups is 1. The summed E-state index contributed by atoms with van der Waals surface area (Å²) in [5.41, 5.74) is 1.88. The van der Waals surface area contributed by atoms with Crippen molar-refractivity contribution in [2.24, 2.45) is 0 Å². The Balaban J connectivity index is 2.11. The predicted molar refractivity (Wildman–Crippen MR) is 119 cm³/mol. The lowest BCUT2D eigenvalue weighted by molar-refractivity contribution is -0.120. The van der Waals surface area contributed by atoms with Gasteiger partial charge in [0, 0.05) is 23.6 Å². The van der Waals surface area contributed by atoms with Crippen molar-refractivity contribution < 1.29 is 9.90 Å². The minimum absolute atomic E-state index is 0.265. The van der Waals surface area contributed by atoms with E-state index in [0.717, 1.165) is 49.8 Å². The SMILES string of the molecule is CCCCCCC1CCCC(=O)N1c1ccc(C(C)(C)C(O)CCCC)cc1. The van der Waals surface area contributed by atoms with Gasteiger partial charge in [0.25, 0.3) is 0 Å². The van der Waals surface area contributed by atoms with E-state index in [1.807, 2.05) is 0 Å². The Morgan fingerprint density at radius 3 is 2.39 bits per heavy atom. The third-order valence-corrected chi connectivity index (χ3v) is 6.51. The van der Waals surface area contributed by atoms with E-state index in [0.29, 0.717) is 12.5 Å². The summed E-state index contributed by atoms with van der Waals surface area (Å²) in [6.07, 6.45) is 11.5. The number of rotatable bonds is 11. The molecule has 1 amide bonds. The summed E-state index contributed by atoms with van der Waals surface area (Å²) in [6.45, 7) is 8.62. The number of aliphatic hydroxyl groups excluding tert-OH is 1. The van der Waals surface area contributed by atoms with Crippen LogP contribution in [0.25, 0.3) is 0 Å². The van der Waals surface area contributed by atoms with E-state index in [9.17, 15) is 9.90 Å². The molecule has 0 spiro atoms. The fraction of sp³-hybridized carbons (Fsp3) is 0.720. The number of nitrogens with zero attached hydrogens (tertiary/aromatic N) is 1. The topological polar surface area (TPSA) is 40.5 Å². The van der Waals surface area contributed by atoms with Crippen molar-refractivity contribution >= 4 is 11.6 Å². The molecule has 0 radical (unpaired) electrons. The summed E-state index contributed by atoms with van der Waals surface area (Å²) < 4.78 is 0. The van der Waals surface area contributed by atoms with E-state index >= 15 is 0 Å². The smallest absolute Gasteiger partial charge is 0.227 e. The highest BCUT2D eigenvalue weighted by Crippen LogP contribution is 2.33. The molecule has 0 aliphatic carbocycles. The van der Waals surface area contributed by atoms with Crippen molar-refractivity contribution in [1.82, 2.24) is 0 Å². The van der Waals surface area contributed by atoms with E-state index in [1.54, 1.807) is 0 Å². The fourth-order valence-electron chi connectivity index (χ4n) is 4.38. The lowest BCUT2D eigenvalue weighted by Crippen LogP contribution is -2.43. The molecule has 1 aromatic carbocycles. The third kappa shape index (κ3) is 5.83. The Hall–Kier alpha value is -1.35. The van der Waals surface area contributed by atoms with Crippen LogP contribution in [-0.4, -0.2) is 23.2 Å². The van der Waals surface area contributed by atoms with Crippen LogP contribution in [0, 0.1) is 0 Å². The zero-order valence-electron chi connectivity index (χ0n) is 18.5. The lowest BCUT2D eigenvalue weighted by atomic mass is 9.77. The molecule has 1 saturated heterocycles. The van der Waals surface area contributed by atoms with Gasteiger partial charge in [-0.05, 0) is 43.4 Å². The molecule has 1 aromatic rings. The molecular formula is C25H41NO2. The van der Waals surface area contributed by atoms with Gasteiger partial charge >= 0.3 is 0 Å². The maximum absolute atomic E-state index is 12.7. The first-order valence-electron chi connectivity index (χ1n) is 11.5. The number of hydrogen-bond acceptors (Lipinski definition) is 2. The summed E-state index contributed by atoms with van der Waals surface area (Å²) in [5, 5.41) is 10.6. The predicted octanol–water partition coefficient (Wildman–Crippen LogP) is 6.37. The maximum atomic E-state index is 12.7. The second-order valence-electron chi connectivity index (χ2n) is 9.09. The quantitative estimate of drug-likeness (QED) is 0.448. The van der Waals surface area contributed by atoms with Crippen LogP contribution >= 0.6 is 0 Å². The normalized spacial score (nSPS) is 19.1. The zero-order valence-corrected chi connectivity index (χ0v) is 18.5. The lowest BCUT2D eigenvalue weighted by Gasteiger charge is -2.37. The van der Waals surface area contributed by atoms with E-state index in [2.05, 4.69) is 56.9 Å². The summed E-state index contributed by atoms with van der Waals surface area (Å²) in [4.78, 5) is 14.7. The highest BCUT2D eigenvalue weighted by atomic mass is 16.3. The molecule has 28 heavy (non-hydrogen) atoms. The van der Waals surface area contributed by atoms with Crippen molar-refractivity contribution in [1.29, 1.82) is 0 Å². The molecule has 3 heteroatoms. The van der Waals surface area contributed by atoms with Crippen LogP contribution in [0.3, 0.4) is 0 Å². The first-order chi connectivity index (χ1) is 13.4. The monoisotopic (exact) mass is 387 g/mol. The molecule has 1 aliphatic heterocycles. The second-order valence-corrected chi connectivity index (χ2v) is 9.09. The van der Waals surface area contributed by atoms with Gasteiger partial charge in [0.2, 0.25) is 5.91 Å². The van der Waals surface area contributed by atoms with Gasteiger partial charge < -0.3 is 10.0 Å². The van der Waals surface area contributed by atoms with Crippen molar-refractivity contribution in [3.05, 3.63) is 29.8 Å². The molecule has 0 aromatic heterocycles. The molecule has 1 N–H and O–H groups in total. The molecule has 1 aliphatic rings. The van der Waals surface area contributed by atoms with Crippen molar-refractivity contribution in [3.63, 3.8) is 0 Å². The maximum Gasteiger partial charge on any atom is 0.227 e. The van der Waals surface area contributed by atoms with Gasteiger partial charge in [0.1, 0.15) is 0 Å². The number of carbonyl (C=O) groups is 1. The molecule has 1 heterocycles. The van der Waals surface area contributed by atoms with Crippen LogP contribution < -0.4 is 4.90 Å².